The van der Waals surface area contributed by atoms with Gasteiger partial charge >= 0.3 is 0 Å². The molecule has 2 N–H and O–H groups in total. The average molecular weight is 344 g/mol. The second kappa shape index (κ2) is 7.98. The van der Waals surface area contributed by atoms with Crippen molar-refractivity contribution in [2.75, 3.05) is 13.2 Å². The zero-order valence-electron chi connectivity index (χ0n) is 13.9. The van der Waals surface area contributed by atoms with E-state index in [9.17, 15) is 18.0 Å². The molecule has 0 saturated carbocycles. The van der Waals surface area contributed by atoms with Gasteiger partial charge in [-0.2, -0.15) is 0 Å². The molecular formula is C17H23F3N2O2. The number of hydrogen-bond acceptors (Lipinski definition) is 3. The molecule has 0 spiro atoms. The molecule has 7 heteroatoms. The molecule has 0 aliphatic carbocycles. The number of carbonyl (C=O) groups excluding carboxylic acids is 1. The number of amides is 1. The highest BCUT2D eigenvalue weighted by atomic mass is 19.2. The number of halogens is 3. The number of nitrogens with zero attached hydrogens (tertiary/aromatic N) is 1. The minimum absolute atomic E-state index is 0.0584. The molecule has 1 fully saturated rings. The van der Waals surface area contributed by atoms with Crippen molar-refractivity contribution in [1.82, 2.24) is 4.90 Å². The summed E-state index contributed by atoms with van der Waals surface area (Å²) < 4.78 is 46.2. The first-order chi connectivity index (χ1) is 11.4. The number of hydrogen-bond donors (Lipinski definition) is 1. The molecule has 1 aromatic rings. The Kier molecular flexibility index (Phi) is 6.23. The first kappa shape index (κ1) is 18.7. The minimum Gasteiger partial charge on any atom is -0.358 e. The lowest BCUT2D eigenvalue weighted by atomic mass is 9.84. The van der Waals surface area contributed by atoms with Crippen molar-refractivity contribution in [3.8, 4) is 0 Å². The molecular weight excluding hydrogens is 321 g/mol. The molecule has 1 aliphatic heterocycles. The van der Waals surface area contributed by atoms with Crippen LogP contribution in [-0.4, -0.2) is 36.2 Å². The lowest BCUT2D eigenvalue weighted by Gasteiger charge is -2.40. The van der Waals surface area contributed by atoms with Crippen LogP contribution in [0.4, 0.5) is 13.2 Å². The van der Waals surface area contributed by atoms with Gasteiger partial charge in [-0.3, -0.25) is 4.79 Å². The Morgan fingerprint density at radius 3 is 2.54 bits per heavy atom. The molecule has 24 heavy (non-hydrogen) atoms. The Bertz CT molecular complexity index is 597. The minimum atomic E-state index is -1.26. The summed E-state index contributed by atoms with van der Waals surface area (Å²) in [6, 6.07) is 0.706. The maximum absolute atomic E-state index is 14.0. The highest BCUT2D eigenvalue weighted by molar-refractivity contribution is 5.78. The zero-order valence-corrected chi connectivity index (χ0v) is 13.9. The van der Waals surface area contributed by atoms with Gasteiger partial charge in [0.2, 0.25) is 5.91 Å². The molecule has 1 amide bonds. The number of benzene rings is 1. The average Bonchev–Trinajstić information content (AvgIpc) is 2.54. The number of piperidine rings is 1. The van der Waals surface area contributed by atoms with E-state index in [4.69, 9.17) is 10.5 Å². The molecule has 134 valence electrons. The normalized spacial score (nSPS) is 22.8. The van der Waals surface area contributed by atoms with Crippen LogP contribution >= 0.6 is 0 Å². The third kappa shape index (κ3) is 3.89. The van der Waals surface area contributed by atoms with Crippen LogP contribution in [0.15, 0.2) is 12.1 Å². The van der Waals surface area contributed by atoms with Gasteiger partial charge in [0.15, 0.2) is 11.6 Å². The first-order valence-electron chi connectivity index (χ1n) is 8.20. The molecule has 1 aromatic carbocycles. The standard InChI is InChI=1S/C17H23F3N2O2/c1-3-5-24-17(4-2)22-9-15(21)11(7-16(22)23)10-6-13(19)14(20)8-12(10)18/h6,8,11,15,17H,3-5,7,9,21H2,1-2H3/t11-,15+,17?/m1/s1. The van der Waals surface area contributed by atoms with Crippen LogP contribution in [0, 0.1) is 17.5 Å². The Labute approximate surface area is 139 Å². The third-order valence-corrected chi connectivity index (χ3v) is 4.29. The van der Waals surface area contributed by atoms with E-state index >= 15 is 0 Å². The Morgan fingerprint density at radius 2 is 1.92 bits per heavy atom. The number of nitrogens with two attached hydrogens (primary N) is 1. The van der Waals surface area contributed by atoms with Crippen LogP contribution in [0.3, 0.4) is 0 Å². The van der Waals surface area contributed by atoms with Crippen LogP contribution in [0.1, 0.15) is 44.6 Å². The third-order valence-electron chi connectivity index (χ3n) is 4.29. The van der Waals surface area contributed by atoms with Crippen molar-refractivity contribution in [1.29, 1.82) is 0 Å². The summed E-state index contributed by atoms with van der Waals surface area (Å²) in [5, 5.41) is 0. The second-order valence-corrected chi connectivity index (χ2v) is 6.04. The van der Waals surface area contributed by atoms with Crippen LogP contribution < -0.4 is 5.73 Å². The van der Waals surface area contributed by atoms with Gasteiger partial charge in [0.1, 0.15) is 12.0 Å². The van der Waals surface area contributed by atoms with Crippen molar-refractivity contribution in [3.05, 3.63) is 35.1 Å². The highest BCUT2D eigenvalue weighted by Crippen LogP contribution is 2.32. The van der Waals surface area contributed by atoms with E-state index in [0.717, 1.165) is 12.5 Å². The van der Waals surface area contributed by atoms with E-state index in [1.165, 1.54) is 0 Å². The fourth-order valence-electron chi connectivity index (χ4n) is 3.04. The van der Waals surface area contributed by atoms with Crippen LogP contribution in [0.2, 0.25) is 0 Å². The van der Waals surface area contributed by atoms with Crippen molar-refractivity contribution < 1.29 is 22.7 Å². The quantitative estimate of drug-likeness (QED) is 0.808. The van der Waals surface area contributed by atoms with E-state index in [-0.39, 0.29) is 30.7 Å². The molecule has 2 rings (SSSR count). The number of likely N-dealkylation sites (tertiary alicyclic amines) is 1. The SMILES string of the molecule is CCCOC(CC)N1C[C@H](N)[C@@H](c2cc(F)c(F)cc2F)CC1=O. The molecule has 1 heterocycles. The van der Waals surface area contributed by atoms with Crippen molar-refractivity contribution >= 4 is 5.91 Å². The zero-order chi connectivity index (χ0) is 17.9. The predicted octanol–water partition coefficient (Wildman–Crippen LogP) is 2.91. The summed E-state index contributed by atoms with van der Waals surface area (Å²) in [5.74, 6) is -4.20. The molecule has 0 bridgehead atoms. The first-order valence-corrected chi connectivity index (χ1v) is 8.20. The van der Waals surface area contributed by atoms with Gasteiger partial charge in [0.05, 0.1) is 0 Å². The van der Waals surface area contributed by atoms with Gasteiger partial charge in [0, 0.05) is 37.6 Å². The summed E-state index contributed by atoms with van der Waals surface area (Å²) in [6.07, 6.45) is 1.00. The van der Waals surface area contributed by atoms with Gasteiger partial charge in [-0.15, -0.1) is 0 Å². The molecule has 1 unspecified atom stereocenters. The van der Waals surface area contributed by atoms with Crippen molar-refractivity contribution in [2.45, 2.75) is 51.3 Å². The van der Waals surface area contributed by atoms with E-state index in [0.29, 0.717) is 19.1 Å². The van der Waals surface area contributed by atoms with Gasteiger partial charge in [-0.05, 0) is 24.5 Å². The Morgan fingerprint density at radius 1 is 1.25 bits per heavy atom. The Hall–Kier alpha value is -1.60. The summed E-state index contributed by atoms with van der Waals surface area (Å²) in [4.78, 5) is 14.0. The number of ether oxygens (including phenoxy) is 1. The summed E-state index contributed by atoms with van der Waals surface area (Å²) in [7, 11) is 0. The maximum atomic E-state index is 14.0. The van der Waals surface area contributed by atoms with Gasteiger partial charge in [-0.25, -0.2) is 13.2 Å². The number of carbonyl (C=O) groups is 1. The number of rotatable bonds is 6. The monoisotopic (exact) mass is 344 g/mol. The Balaban J connectivity index is 2.19. The van der Waals surface area contributed by atoms with E-state index in [2.05, 4.69) is 0 Å². The lowest BCUT2D eigenvalue weighted by Crippen LogP contribution is -2.54. The lowest BCUT2D eigenvalue weighted by molar-refractivity contribution is -0.151. The van der Waals surface area contributed by atoms with Crippen LogP contribution in [0.5, 0.6) is 0 Å². The molecule has 1 aliphatic rings. The molecule has 1 saturated heterocycles. The molecule has 0 aromatic heterocycles. The second-order valence-electron chi connectivity index (χ2n) is 6.04. The van der Waals surface area contributed by atoms with Gasteiger partial charge in [0.25, 0.3) is 0 Å². The maximum Gasteiger partial charge on any atom is 0.225 e. The molecule has 0 radical (unpaired) electrons. The van der Waals surface area contributed by atoms with Gasteiger partial charge in [-0.1, -0.05) is 13.8 Å². The predicted molar refractivity (Wildman–Crippen MR) is 83.7 cm³/mol. The highest BCUT2D eigenvalue weighted by Gasteiger charge is 2.37. The van der Waals surface area contributed by atoms with Crippen molar-refractivity contribution in [3.63, 3.8) is 0 Å². The van der Waals surface area contributed by atoms with E-state index < -0.39 is 29.4 Å². The smallest absolute Gasteiger partial charge is 0.225 e. The van der Waals surface area contributed by atoms with E-state index in [1.54, 1.807) is 4.90 Å². The summed E-state index contributed by atoms with van der Waals surface area (Å²) in [6.45, 7) is 4.58. The summed E-state index contributed by atoms with van der Waals surface area (Å²) >= 11 is 0. The fraction of sp³-hybridized carbons (Fsp3) is 0.588. The largest absolute Gasteiger partial charge is 0.358 e. The van der Waals surface area contributed by atoms with Crippen LogP contribution in [0.25, 0.3) is 0 Å². The fourth-order valence-corrected chi connectivity index (χ4v) is 3.04. The molecule has 3 atom stereocenters. The van der Waals surface area contributed by atoms with Gasteiger partial charge < -0.3 is 15.4 Å². The molecule has 4 nitrogen and oxygen atoms in total. The van der Waals surface area contributed by atoms with Crippen LogP contribution in [-0.2, 0) is 9.53 Å². The summed E-state index contributed by atoms with van der Waals surface area (Å²) in [5.41, 5.74) is 6.05. The topological polar surface area (TPSA) is 55.6 Å². The van der Waals surface area contributed by atoms with E-state index in [1.807, 2.05) is 13.8 Å². The van der Waals surface area contributed by atoms with Crippen molar-refractivity contribution in [2.24, 2.45) is 5.73 Å².